The number of aromatic nitrogens is 3. The van der Waals surface area contributed by atoms with Gasteiger partial charge in [0, 0.05) is 17.1 Å². The number of amides is 1. The van der Waals surface area contributed by atoms with E-state index in [4.69, 9.17) is 0 Å². The molecule has 2 aromatic heterocycles. The Bertz CT molecular complexity index is 805. The van der Waals surface area contributed by atoms with Crippen molar-refractivity contribution in [1.29, 1.82) is 0 Å². The van der Waals surface area contributed by atoms with Crippen LogP contribution in [0.1, 0.15) is 5.69 Å². The van der Waals surface area contributed by atoms with Gasteiger partial charge in [-0.05, 0) is 13.0 Å². The van der Waals surface area contributed by atoms with Crippen LogP contribution in [0.3, 0.4) is 0 Å². The van der Waals surface area contributed by atoms with E-state index in [9.17, 15) is 4.79 Å². The summed E-state index contributed by atoms with van der Waals surface area (Å²) in [7, 11) is 0. The predicted octanol–water partition coefficient (Wildman–Crippen LogP) is 3.64. The van der Waals surface area contributed by atoms with E-state index in [0.717, 1.165) is 17.0 Å². The Morgan fingerprint density at radius 1 is 1.22 bits per heavy atom. The minimum absolute atomic E-state index is 0.113. The van der Waals surface area contributed by atoms with Crippen LogP contribution < -0.4 is 5.32 Å². The molecule has 3 aromatic rings. The van der Waals surface area contributed by atoms with Crippen molar-refractivity contribution >= 4 is 34.1 Å². The van der Waals surface area contributed by atoms with Crippen molar-refractivity contribution < 1.29 is 4.79 Å². The van der Waals surface area contributed by atoms with Crippen molar-refractivity contribution in [2.75, 3.05) is 11.1 Å². The Labute approximate surface area is 142 Å². The summed E-state index contributed by atoms with van der Waals surface area (Å²) in [4.78, 5) is 24.8. The summed E-state index contributed by atoms with van der Waals surface area (Å²) in [5, 5.41) is 5.87. The quantitative estimate of drug-likeness (QED) is 0.566. The smallest absolute Gasteiger partial charge is 0.236 e. The van der Waals surface area contributed by atoms with Crippen molar-refractivity contribution in [3.05, 3.63) is 53.7 Å². The van der Waals surface area contributed by atoms with Crippen molar-refractivity contribution in [2.24, 2.45) is 0 Å². The van der Waals surface area contributed by atoms with Gasteiger partial charge < -0.3 is 5.32 Å². The van der Waals surface area contributed by atoms with Crippen LogP contribution in [-0.2, 0) is 4.79 Å². The molecule has 0 bridgehead atoms. The first kappa shape index (κ1) is 15.6. The first-order chi connectivity index (χ1) is 11.2. The average Bonchev–Trinajstić information content (AvgIpc) is 2.99. The fourth-order valence-electron chi connectivity index (χ4n) is 1.88. The van der Waals surface area contributed by atoms with Gasteiger partial charge in [0.1, 0.15) is 0 Å². The highest BCUT2D eigenvalue weighted by molar-refractivity contribution is 7.99. The number of rotatable bonds is 5. The molecule has 0 spiro atoms. The highest BCUT2D eigenvalue weighted by Gasteiger charge is 2.08. The zero-order chi connectivity index (χ0) is 16.1. The summed E-state index contributed by atoms with van der Waals surface area (Å²) in [5.41, 5.74) is 2.77. The molecule has 0 aliphatic heterocycles. The molecule has 1 N–H and O–H groups in total. The van der Waals surface area contributed by atoms with Crippen LogP contribution >= 0.6 is 23.1 Å². The lowest BCUT2D eigenvalue weighted by molar-refractivity contribution is -0.113. The number of nitrogens with zero attached hydrogens (tertiary/aromatic N) is 3. The Hall–Kier alpha value is -2.25. The molecule has 0 aliphatic rings. The standard InChI is InChI=1S/C16H14N4OS2/c1-11-9-22-16(18-11)20-14(21)10-23-15-17-8-7-13(19-15)12-5-3-2-4-6-12/h2-9H,10H2,1H3,(H,18,20,21). The number of hydrogen-bond acceptors (Lipinski definition) is 6. The van der Waals surface area contributed by atoms with Gasteiger partial charge in [-0.25, -0.2) is 15.0 Å². The molecule has 2 heterocycles. The van der Waals surface area contributed by atoms with Crippen LogP contribution in [-0.4, -0.2) is 26.6 Å². The van der Waals surface area contributed by atoms with E-state index in [1.807, 2.05) is 48.7 Å². The molecule has 116 valence electrons. The van der Waals surface area contributed by atoms with E-state index in [1.54, 1.807) is 6.20 Å². The van der Waals surface area contributed by atoms with E-state index in [-0.39, 0.29) is 11.7 Å². The molecule has 3 rings (SSSR count). The number of benzene rings is 1. The van der Waals surface area contributed by atoms with E-state index >= 15 is 0 Å². The Morgan fingerprint density at radius 2 is 2.04 bits per heavy atom. The summed E-state index contributed by atoms with van der Waals surface area (Å²) in [6.45, 7) is 1.89. The second kappa shape index (κ2) is 7.34. The van der Waals surface area contributed by atoms with Crippen LogP contribution in [0.25, 0.3) is 11.3 Å². The van der Waals surface area contributed by atoms with Crippen molar-refractivity contribution in [3.63, 3.8) is 0 Å². The predicted molar refractivity (Wildman–Crippen MR) is 93.7 cm³/mol. The van der Waals surface area contributed by atoms with Crippen LogP contribution in [0.5, 0.6) is 0 Å². The molecule has 0 saturated heterocycles. The number of hydrogen-bond donors (Lipinski definition) is 1. The third kappa shape index (κ3) is 4.37. The van der Waals surface area contributed by atoms with Gasteiger partial charge in [-0.3, -0.25) is 4.79 Å². The lowest BCUT2D eigenvalue weighted by Gasteiger charge is -2.04. The Balaban J connectivity index is 1.61. The molecule has 0 aliphatic carbocycles. The molecular formula is C16H14N4OS2. The molecule has 0 radical (unpaired) electrons. The van der Waals surface area contributed by atoms with Gasteiger partial charge in [0.25, 0.3) is 0 Å². The number of thiazole rings is 1. The van der Waals surface area contributed by atoms with Gasteiger partial charge >= 0.3 is 0 Å². The van der Waals surface area contributed by atoms with Crippen LogP contribution in [0.2, 0.25) is 0 Å². The molecular weight excluding hydrogens is 328 g/mol. The molecule has 0 saturated carbocycles. The molecule has 5 nitrogen and oxygen atoms in total. The van der Waals surface area contributed by atoms with Gasteiger partial charge in [-0.2, -0.15) is 0 Å². The largest absolute Gasteiger partial charge is 0.301 e. The average molecular weight is 342 g/mol. The van der Waals surface area contributed by atoms with Crippen LogP contribution in [0, 0.1) is 6.92 Å². The number of carbonyl (C=O) groups is 1. The maximum atomic E-state index is 11.9. The first-order valence-electron chi connectivity index (χ1n) is 6.94. The fraction of sp³-hybridized carbons (Fsp3) is 0.125. The van der Waals surface area contributed by atoms with Gasteiger partial charge in [0.05, 0.1) is 17.1 Å². The molecule has 0 fully saturated rings. The zero-order valence-electron chi connectivity index (χ0n) is 12.4. The highest BCUT2D eigenvalue weighted by atomic mass is 32.2. The summed E-state index contributed by atoms with van der Waals surface area (Å²) < 4.78 is 0. The second-order valence-corrected chi connectivity index (χ2v) is 6.52. The zero-order valence-corrected chi connectivity index (χ0v) is 14.0. The molecule has 1 aromatic carbocycles. The normalized spacial score (nSPS) is 10.5. The van der Waals surface area contributed by atoms with Gasteiger partial charge in [0.15, 0.2) is 10.3 Å². The fourth-order valence-corrected chi connectivity index (χ4v) is 3.21. The summed E-state index contributed by atoms with van der Waals surface area (Å²) in [5.74, 6) is 0.134. The maximum absolute atomic E-state index is 11.9. The van der Waals surface area contributed by atoms with E-state index in [0.29, 0.717) is 10.3 Å². The topological polar surface area (TPSA) is 67.8 Å². The van der Waals surface area contributed by atoms with E-state index in [2.05, 4.69) is 20.3 Å². The summed E-state index contributed by atoms with van der Waals surface area (Å²) in [6, 6.07) is 11.7. The van der Waals surface area contributed by atoms with Crippen LogP contribution in [0.4, 0.5) is 5.13 Å². The number of carbonyl (C=O) groups excluding carboxylic acids is 1. The Morgan fingerprint density at radius 3 is 2.78 bits per heavy atom. The SMILES string of the molecule is Cc1csc(NC(=O)CSc2nccc(-c3ccccc3)n2)n1. The van der Waals surface area contributed by atoms with Crippen molar-refractivity contribution in [1.82, 2.24) is 15.0 Å². The third-order valence-electron chi connectivity index (χ3n) is 2.90. The molecule has 23 heavy (non-hydrogen) atoms. The lowest BCUT2D eigenvalue weighted by atomic mass is 10.1. The summed E-state index contributed by atoms with van der Waals surface area (Å²) >= 11 is 2.72. The number of thioether (sulfide) groups is 1. The van der Waals surface area contributed by atoms with Crippen molar-refractivity contribution in [2.45, 2.75) is 12.1 Å². The maximum Gasteiger partial charge on any atom is 0.236 e. The van der Waals surface area contributed by atoms with Crippen molar-refractivity contribution in [3.8, 4) is 11.3 Å². The minimum atomic E-state index is -0.113. The molecule has 1 amide bonds. The van der Waals surface area contributed by atoms with Crippen LogP contribution in [0.15, 0.2) is 53.1 Å². The van der Waals surface area contributed by atoms with E-state index in [1.165, 1.54) is 23.1 Å². The van der Waals surface area contributed by atoms with Gasteiger partial charge in [-0.15, -0.1) is 11.3 Å². The highest BCUT2D eigenvalue weighted by Crippen LogP contribution is 2.20. The monoisotopic (exact) mass is 342 g/mol. The second-order valence-electron chi connectivity index (χ2n) is 4.72. The molecule has 0 unspecified atom stereocenters. The minimum Gasteiger partial charge on any atom is -0.301 e. The number of anilines is 1. The first-order valence-corrected chi connectivity index (χ1v) is 8.80. The van der Waals surface area contributed by atoms with Gasteiger partial charge in [0.2, 0.25) is 5.91 Å². The third-order valence-corrected chi connectivity index (χ3v) is 4.64. The van der Waals surface area contributed by atoms with Gasteiger partial charge in [-0.1, -0.05) is 42.1 Å². The number of nitrogens with one attached hydrogen (secondary N) is 1. The lowest BCUT2D eigenvalue weighted by Crippen LogP contribution is -2.14. The summed E-state index contributed by atoms with van der Waals surface area (Å²) in [6.07, 6.45) is 1.71. The number of aryl methyl sites for hydroxylation is 1. The Kier molecular flexibility index (Phi) is 4.99. The van der Waals surface area contributed by atoms with E-state index < -0.39 is 0 Å². The molecule has 7 heteroatoms. The molecule has 0 atom stereocenters.